The molecule has 2 amide bonds. The van der Waals surface area contributed by atoms with Gasteiger partial charge in [0.1, 0.15) is 0 Å². The number of hydrogen-bond acceptors (Lipinski definition) is 4. The molecule has 0 saturated heterocycles. The van der Waals surface area contributed by atoms with Gasteiger partial charge in [0.15, 0.2) is 10.4 Å². The molecule has 0 aliphatic rings. The zero-order valence-corrected chi connectivity index (χ0v) is 12.4. The molecule has 3 N–H and O–H groups in total. The van der Waals surface area contributed by atoms with Gasteiger partial charge in [-0.2, -0.15) is 0 Å². The molecule has 0 bridgehead atoms. The van der Waals surface area contributed by atoms with Gasteiger partial charge in [0.25, 0.3) is 5.91 Å². The van der Waals surface area contributed by atoms with Gasteiger partial charge in [-0.25, -0.2) is 0 Å². The van der Waals surface area contributed by atoms with E-state index in [9.17, 15) is 14.7 Å². The molecular formula is C12H17BrN2O4. The summed E-state index contributed by atoms with van der Waals surface area (Å²) >= 11 is 3.09. The van der Waals surface area contributed by atoms with E-state index in [1.165, 1.54) is 6.07 Å². The molecule has 1 aromatic rings. The number of nitrogens with one attached hydrogen (secondary N) is 2. The van der Waals surface area contributed by atoms with Crippen molar-refractivity contribution in [2.24, 2.45) is 0 Å². The minimum atomic E-state index is -0.671. The van der Waals surface area contributed by atoms with Crippen molar-refractivity contribution in [3.05, 3.63) is 22.6 Å². The van der Waals surface area contributed by atoms with E-state index in [1.54, 1.807) is 13.0 Å². The van der Waals surface area contributed by atoms with Crippen LogP contribution in [0, 0.1) is 0 Å². The van der Waals surface area contributed by atoms with Gasteiger partial charge in [0.2, 0.25) is 5.91 Å². The molecule has 0 spiro atoms. The van der Waals surface area contributed by atoms with Gasteiger partial charge in [0.05, 0.1) is 18.7 Å². The maximum Gasteiger partial charge on any atom is 0.287 e. The Balaban J connectivity index is 2.44. The lowest BCUT2D eigenvalue weighted by molar-refractivity contribution is -0.122. The van der Waals surface area contributed by atoms with Crippen LogP contribution < -0.4 is 10.6 Å². The Kier molecular flexibility index (Phi) is 5.56. The van der Waals surface area contributed by atoms with E-state index in [2.05, 4.69) is 26.6 Å². The van der Waals surface area contributed by atoms with Gasteiger partial charge in [-0.1, -0.05) is 6.92 Å². The largest absolute Gasteiger partial charge is 0.444 e. The number of aliphatic hydroxyl groups excluding tert-OH is 1. The molecular weight excluding hydrogens is 316 g/mol. The summed E-state index contributed by atoms with van der Waals surface area (Å²) in [7, 11) is 0. The molecule has 0 aromatic carbocycles. The highest BCUT2D eigenvalue weighted by atomic mass is 79.9. The van der Waals surface area contributed by atoms with E-state index in [0.29, 0.717) is 11.1 Å². The molecule has 6 nitrogen and oxygen atoms in total. The minimum absolute atomic E-state index is 0.125. The number of rotatable bonds is 6. The predicted octanol–water partition coefficient (Wildman–Crippen LogP) is 1.05. The number of furan rings is 1. The summed E-state index contributed by atoms with van der Waals surface area (Å²) < 4.78 is 5.50. The first-order chi connectivity index (χ1) is 8.90. The molecule has 0 aliphatic carbocycles. The second kappa shape index (κ2) is 6.72. The average molecular weight is 333 g/mol. The fourth-order valence-electron chi connectivity index (χ4n) is 1.30. The van der Waals surface area contributed by atoms with Gasteiger partial charge in [-0.05, 0) is 41.4 Å². The lowest BCUT2D eigenvalue weighted by Crippen LogP contribution is -2.51. The smallest absolute Gasteiger partial charge is 0.287 e. The molecule has 19 heavy (non-hydrogen) atoms. The lowest BCUT2D eigenvalue weighted by Gasteiger charge is -2.27. The minimum Gasteiger partial charge on any atom is -0.444 e. The number of hydrogen-bond donors (Lipinski definition) is 3. The molecule has 0 fully saturated rings. The normalized spacial score (nSPS) is 13.7. The summed E-state index contributed by atoms with van der Waals surface area (Å²) in [5, 5.41) is 14.3. The maximum atomic E-state index is 11.6. The van der Waals surface area contributed by atoms with Crippen molar-refractivity contribution in [1.29, 1.82) is 0 Å². The topological polar surface area (TPSA) is 91.6 Å². The van der Waals surface area contributed by atoms with Crippen LogP contribution >= 0.6 is 15.9 Å². The van der Waals surface area contributed by atoms with E-state index < -0.39 is 11.4 Å². The Morgan fingerprint density at radius 1 is 1.47 bits per heavy atom. The zero-order valence-electron chi connectivity index (χ0n) is 10.8. The molecule has 0 radical (unpaired) electrons. The predicted molar refractivity (Wildman–Crippen MR) is 72.7 cm³/mol. The van der Waals surface area contributed by atoms with E-state index in [0.717, 1.165) is 0 Å². The second-order valence-electron chi connectivity index (χ2n) is 4.41. The number of amides is 2. The molecule has 0 aliphatic heterocycles. The first-order valence-electron chi connectivity index (χ1n) is 5.85. The summed E-state index contributed by atoms with van der Waals surface area (Å²) in [6.45, 7) is 3.26. The Bertz CT molecular complexity index is 454. The highest BCUT2D eigenvalue weighted by Gasteiger charge is 2.23. The second-order valence-corrected chi connectivity index (χ2v) is 5.19. The van der Waals surface area contributed by atoms with Crippen molar-refractivity contribution in [2.75, 3.05) is 13.2 Å². The highest BCUT2D eigenvalue weighted by molar-refractivity contribution is 9.10. The average Bonchev–Trinajstić information content (AvgIpc) is 2.82. The van der Waals surface area contributed by atoms with Crippen molar-refractivity contribution < 1.29 is 19.1 Å². The standard InChI is InChI=1S/C12H17BrN2O4/c1-3-12(2,7-16)15-10(17)6-14-11(18)8-4-5-9(13)19-8/h4-5,16H,3,6-7H2,1-2H3,(H,14,18)(H,15,17). The molecule has 1 atom stereocenters. The molecule has 1 aromatic heterocycles. The maximum absolute atomic E-state index is 11.6. The van der Waals surface area contributed by atoms with Gasteiger partial charge >= 0.3 is 0 Å². The van der Waals surface area contributed by atoms with Crippen LogP contribution in [0.4, 0.5) is 0 Å². The van der Waals surface area contributed by atoms with E-state index in [-0.39, 0.29) is 24.8 Å². The quantitative estimate of drug-likeness (QED) is 0.726. The Labute approximate surface area is 119 Å². The summed E-state index contributed by atoms with van der Waals surface area (Å²) in [5.41, 5.74) is -0.671. The van der Waals surface area contributed by atoms with Gasteiger partial charge in [-0.3, -0.25) is 9.59 Å². The SMILES string of the molecule is CCC(C)(CO)NC(=O)CNC(=O)c1ccc(Br)o1. The summed E-state index contributed by atoms with van der Waals surface area (Å²) in [5.74, 6) is -0.708. The third kappa shape index (κ3) is 4.68. The number of carbonyl (C=O) groups excluding carboxylic acids is 2. The van der Waals surface area contributed by atoms with Gasteiger partial charge < -0.3 is 20.2 Å². The van der Waals surface area contributed by atoms with Crippen molar-refractivity contribution in [2.45, 2.75) is 25.8 Å². The first kappa shape index (κ1) is 15.7. The molecule has 1 unspecified atom stereocenters. The van der Waals surface area contributed by atoms with Crippen molar-refractivity contribution in [3.63, 3.8) is 0 Å². The van der Waals surface area contributed by atoms with Gasteiger partial charge in [0, 0.05) is 0 Å². The van der Waals surface area contributed by atoms with Crippen molar-refractivity contribution in [3.8, 4) is 0 Å². The van der Waals surface area contributed by atoms with E-state index >= 15 is 0 Å². The van der Waals surface area contributed by atoms with Crippen LogP contribution in [0.1, 0.15) is 30.8 Å². The lowest BCUT2D eigenvalue weighted by atomic mass is 10.0. The molecule has 0 saturated carbocycles. The molecule has 1 rings (SSSR count). The van der Waals surface area contributed by atoms with E-state index in [4.69, 9.17) is 4.42 Å². The molecule has 1 heterocycles. The van der Waals surface area contributed by atoms with Crippen LogP contribution in [0.2, 0.25) is 0 Å². The van der Waals surface area contributed by atoms with Crippen molar-refractivity contribution >= 4 is 27.7 Å². The van der Waals surface area contributed by atoms with E-state index in [1.807, 2.05) is 6.92 Å². The first-order valence-corrected chi connectivity index (χ1v) is 6.65. The van der Waals surface area contributed by atoms with Crippen LogP contribution in [0.5, 0.6) is 0 Å². The Hall–Kier alpha value is -1.34. The monoisotopic (exact) mass is 332 g/mol. The van der Waals surface area contributed by atoms with Crippen LogP contribution in [0.3, 0.4) is 0 Å². The van der Waals surface area contributed by atoms with Crippen LogP contribution in [-0.4, -0.2) is 35.6 Å². The Morgan fingerprint density at radius 2 is 2.16 bits per heavy atom. The van der Waals surface area contributed by atoms with Crippen LogP contribution in [-0.2, 0) is 4.79 Å². The van der Waals surface area contributed by atoms with Crippen LogP contribution in [0.25, 0.3) is 0 Å². The summed E-state index contributed by atoms with van der Waals surface area (Å²) in [6, 6.07) is 3.09. The summed E-state index contributed by atoms with van der Waals surface area (Å²) in [6.07, 6.45) is 0.592. The number of halogens is 1. The Morgan fingerprint density at radius 3 is 2.63 bits per heavy atom. The summed E-state index contributed by atoms with van der Waals surface area (Å²) in [4.78, 5) is 23.3. The third-order valence-electron chi connectivity index (χ3n) is 2.78. The molecule has 106 valence electrons. The third-order valence-corrected chi connectivity index (χ3v) is 3.20. The van der Waals surface area contributed by atoms with Gasteiger partial charge in [-0.15, -0.1) is 0 Å². The molecule has 7 heteroatoms. The number of aliphatic hydroxyl groups is 1. The number of carbonyl (C=O) groups is 2. The zero-order chi connectivity index (χ0) is 14.5. The van der Waals surface area contributed by atoms with Crippen LogP contribution in [0.15, 0.2) is 21.2 Å². The fourth-order valence-corrected chi connectivity index (χ4v) is 1.61. The fraction of sp³-hybridized carbons (Fsp3) is 0.500. The highest BCUT2D eigenvalue weighted by Crippen LogP contribution is 2.13. The van der Waals surface area contributed by atoms with Crippen molar-refractivity contribution in [1.82, 2.24) is 10.6 Å².